The van der Waals surface area contributed by atoms with Crippen molar-refractivity contribution >= 4 is 11.8 Å². The highest BCUT2D eigenvalue weighted by atomic mass is 14.8. The number of pyridine rings is 1. The smallest absolute Gasteiger partial charge is 0.0694 e. The summed E-state index contributed by atoms with van der Waals surface area (Å²) in [5.41, 5.74) is 8.88. The molecule has 2 nitrogen and oxygen atoms in total. The molecule has 0 N–H and O–H groups in total. The van der Waals surface area contributed by atoms with E-state index in [-0.39, 0.29) is 0 Å². The second-order valence-electron chi connectivity index (χ2n) is 6.06. The van der Waals surface area contributed by atoms with Crippen LogP contribution in [0.2, 0.25) is 0 Å². The van der Waals surface area contributed by atoms with Crippen molar-refractivity contribution in [3.63, 3.8) is 0 Å². The Bertz CT molecular complexity index is 717. The first kappa shape index (κ1) is 14.7. The molecule has 2 heterocycles. The Labute approximate surface area is 132 Å². The summed E-state index contributed by atoms with van der Waals surface area (Å²) in [5, 5.41) is 0. The quantitative estimate of drug-likeness (QED) is 0.788. The van der Waals surface area contributed by atoms with Crippen LogP contribution in [0.4, 0.5) is 0 Å². The van der Waals surface area contributed by atoms with E-state index in [0.717, 1.165) is 30.7 Å². The second-order valence-corrected chi connectivity index (χ2v) is 6.06. The van der Waals surface area contributed by atoms with Gasteiger partial charge in [0, 0.05) is 24.5 Å². The number of allylic oxidation sites excluding steroid dienone is 1. The van der Waals surface area contributed by atoms with Gasteiger partial charge in [0.1, 0.15) is 0 Å². The van der Waals surface area contributed by atoms with Crippen LogP contribution in [0.1, 0.15) is 40.7 Å². The van der Waals surface area contributed by atoms with Gasteiger partial charge in [-0.3, -0.25) is 9.98 Å². The fourth-order valence-corrected chi connectivity index (χ4v) is 3.19. The first-order valence-electron chi connectivity index (χ1n) is 7.89. The van der Waals surface area contributed by atoms with Crippen molar-refractivity contribution in [3.05, 3.63) is 70.0 Å². The molecule has 2 aromatic rings. The third-order valence-electron chi connectivity index (χ3n) is 4.17. The Balaban J connectivity index is 2.06. The standard InChI is InChI=1S/C20H22N2/c1-14-10-15(2)19(16(3)11-14)12-17-6-5-9-22-20(17)18-7-4-8-21-13-18/h4,7-8,10-13H,5-6,9H2,1-3H3/b17-12+. The van der Waals surface area contributed by atoms with Gasteiger partial charge in [-0.2, -0.15) is 0 Å². The molecule has 1 aliphatic rings. The summed E-state index contributed by atoms with van der Waals surface area (Å²) in [6.07, 6.45) is 8.26. The number of aromatic nitrogens is 1. The largest absolute Gasteiger partial charge is 0.284 e. The molecule has 0 amide bonds. The number of hydrogen-bond donors (Lipinski definition) is 0. The van der Waals surface area contributed by atoms with Gasteiger partial charge in [-0.25, -0.2) is 0 Å². The molecule has 0 saturated carbocycles. The van der Waals surface area contributed by atoms with Gasteiger partial charge < -0.3 is 0 Å². The van der Waals surface area contributed by atoms with Gasteiger partial charge in [-0.1, -0.05) is 17.7 Å². The fourth-order valence-electron chi connectivity index (χ4n) is 3.19. The third kappa shape index (κ3) is 3.01. The van der Waals surface area contributed by atoms with Crippen LogP contribution >= 0.6 is 0 Å². The maximum atomic E-state index is 4.76. The Morgan fingerprint density at radius 1 is 1.09 bits per heavy atom. The van der Waals surface area contributed by atoms with Gasteiger partial charge in [-0.15, -0.1) is 0 Å². The first-order valence-corrected chi connectivity index (χ1v) is 7.89. The molecule has 0 atom stereocenters. The maximum Gasteiger partial charge on any atom is 0.0694 e. The minimum Gasteiger partial charge on any atom is -0.284 e. The number of aryl methyl sites for hydroxylation is 3. The molecule has 1 aromatic carbocycles. The molecule has 0 bridgehead atoms. The van der Waals surface area contributed by atoms with Gasteiger partial charge in [-0.05, 0) is 74.1 Å². The average molecular weight is 290 g/mol. The Morgan fingerprint density at radius 2 is 1.86 bits per heavy atom. The molecule has 3 rings (SSSR count). The summed E-state index contributed by atoms with van der Waals surface area (Å²) in [4.78, 5) is 9.00. The predicted octanol–water partition coefficient (Wildman–Crippen LogP) is 4.67. The maximum absolute atomic E-state index is 4.76. The molecule has 2 heteroatoms. The van der Waals surface area contributed by atoms with E-state index >= 15 is 0 Å². The van der Waals surface area contributed by atoms with Crippen molar-refractivity contribution in [2.45, 2.75) is 33.6 Å². The molecule has 1 aliphatic heterocycles. The van der Waals surface area contributed by atoms with Gasteiger partial charge >= 0.3 is 0 Å². The molecule has 0 spiro atoms. The van der Waals surface area contributed by atoms with E-state index in [4.69, 9.17) is 4.99 Å². The number of nitrogens with zero attached hydrogens (tertiary/aromatic N) is 2. The first-order chi connectivity index (χ1) is 10.6. The van der Waals surface area contributed by atoms with Crippen molar-refractivity contribution in [2.24, 2.45) is 4.99 Å². The third-order valence-corrected chi connectivity index (χ3v) is 4.17. The fraction of sp³-hybridized carbons (Fsp3) is 0.300. The van der Waals surface area contributed by atoms with Crippen LogP contribution in [0.15, 0.2) is 47.2 Å². The molecular formula is C20H22N2. The monoisotopic (exact) mass is 290 g/mol. The minimum atomic E-state index is 0.910. The van der Waals surface area contributed by atoms with Crippen molar-refractivity contribution in [2.75, 3.05) is 6.54 Å². The van der Waals surface area contributed by atoms with Crippen LogP contribution in [0.3, 0.4) is 0 Å². The van der Waals surface area contributed by atoms with Crippen molar-refractivity contribution in [3.8, 4) is 0 Å². The van der Waals surface area contributed by atoms with E-state index in [0.29, 0.717) is 0 Å². The van der Waals surface area contributed by atoms with Crippen LogP contribution in [-0.4, -0.2) is 17.2 Å². The lowest BCUT2D eigenvalue weighted by Crippen LogP contribution is -2.12. The van der Waals surface area contributed by atoms with E-state index in [2.05, 4.69) is 50.0 Å². The number of benzene rings is 1. The van der Waals surface area contributed by atoms with Crippen molar-refractivity contribution in [1.82, 2.24) is 4.98 Å². The van der Waals surface area contributed by atoms with E-state index < -0.39 is 0 Å². The Hall–Kier alpha value is -2.22. The molecule has 0 fully saturated rings. The lowest BCUT2D eigenvalue weighted by Gasteiger charge is -2.17. The summed E-state index contributed by atoms with van der Waals surface area (Å²) >= 11 is 0. The molecule has 0 saturated heterocycles. The highest BCUT2D eigenvalue weighted by Crippen LogP contribution is 2.25. The summed E-state index contributed by atoms with van der Waals surface area (Å²) in [7, 11) is 0. The summed E-state index contributed by atoms with van der Waals surface area (Å²) in [6.45, 7) is 7.44. The summed E-state index contributed by atoms with van der Waals surface area (Å²) < 4.78 is 0. The molecule has 1 aromatic heterocycles. The molecule has 0 aliphatic carbocycles. The second kappa shape index (κ2) is 6.27. The highest BCUT2D eigenvalue weighted by Gasteiger charge is 2.15. The van der Waals surface area contributed by atoms with Gasteiger partial charge in [0.15, 0.2) is 0 Å². The SMILES string of the molecule is Cc1cc(C)c(/C=C2\CCCN=C2c2cccnc2)c(C)c1. The zero-order chi connectivity index (χ0) is 15.5. The van der Waals surface area contributed by atoms with Gasteiger partial charge in [0.2, 0.25) is 0 Å². The van der Waals surface area contributed by atoms with Crippen LogP contribution < -0.4 is 0 Å². The van der Waals surface area contributed by atoms with Gasteiger partial charge in [0.25, 0.3) is 0 Å². The summed E-state index contributed by atoms with van der Waals surface area (Å²) in [5.74, 6) is 0. The molecule has 0 radical (unpaired) electrons. The van der Waals surface area contributed by atoms with E-state index in [1.165, 1.54) is 27.8 Å². The molecule has 22 heavy (non-hydrogen) atoms. The normalized spacial score (nSPS) is 16.7. The van der Waals surface area contributed by atoms with Crippen LogP contribution in [-0.2, 0) is 0 Å². The number of hydrogen-bond acceptors (Lipinski definition) is 2. The lowest BCUT2D eigenvalue weighted by molar-refractivity contribution is 0.818. The molecule has 0 unspecified atom stereocenters. The zero-order valence-corrected chi connectivity index (χ0v) is 13.6. The zero-order valence-electron chi connectivity index (χ0n) is 13.6. The molecule has 112 valence electrons. The summed E-state index contributed by atoms with van der Waals surface area (Å²) in [6, 6.07) is 8.58. The average Bonchev–Trinajstić information content (AvgIpc) is 2.52. The topological polar surface area (TPSA) is 25.2 Å². The van der Waals surface area contributed by atoms with E-state index in [1.54, 1.807) is 0 Å². The predicted molar refractivity (Wildman–Crippen MR) is 93.5 cm³/mol. The van der Waals surface area contributed by atoms with Gasteiger partial charge in [0.05, 0.1) is 5.71 Å². The highest BCUT2D eigenvalue weighted by molar-refractivity contribution is 6.15. The van der Waals surface area contributed by atoms with Crippen LogP contribution in [0, 0.1) is 20.8 Å². The van der Waals surface area contributed by atoms with Crippen LogP contribution in [0.25, 0.3) is 6.08 Å². The number of rotatable bonds is 2. The molecular weight excluding hydrogens is 268 g/mol. The Kier molecular flexibility index (Phi) is 4.19. The Morgan fingerprint density at radius 3 is 2.55 bits per heavy atom. The van der Waals surface area contributed by atoms with Crippen molar-refractivity contribution < 1.29 is 0 Å². The van der Waals surface area contributed by atoms with Crippen molar-refractivity contribution in [1.29, 1.82) is 0 Å². The minimum absolute atomic E-state index is 0.910. The van der Waals surface area contributed by atoms with E-state index in [9.17, 15) is 0 Å². The number of aliphatic imine (C=N–C) groups is 1. The lowest BCUT2D eigenvalue weighted by atomic mass is 9.91. The van der Waals surface area contributed by atoms with E-state index in [1.807, 2.05) is 18.5 Å². The van der Waals surface area contributed by atoms with Crippen LogP contribution in [0.5, 0.6) is 0 Å².